The summed E-state index contributed by atoms with van der Waals surface area (Å²) in [5.41, 5.74) is -5.65. The van der Waals surface area contributed by atoms with Crippen LogP contribution in [0.4, 0.5) is 13.2 Å². The zero-order valence-electron chi connectivity index (χ0n) is 18.1. The van der Waals surface area contributed by atoms with E-state index in [9.17, 15) is 13.2 Å². The molecule has 0 N–H and O–H groups in total. The van der Waals surface area contributed by atoms with E-state index >= 15 is 0 Å². The van der Waals surface area contributed by atoms with Crippen molar-refractivity contribution in [3.05, 3.63) is 115 Å². The summed E-state index contributed by atoms with van der Waals surface area (Å²) in [6.45, 7) is 0. The van der Waals surface area contributed by atoms with E-state index in [1.807, 2.05) is 0 Å². The van der Waals surface area contributed by atoms with Crippen LogP contribution < -0.4 is 0 Å². The second kappa shape index (κ2) is 10.1. The Morgan fingerprint density at radius 2 is 1.06 bits per heavy atom. The first-order chi connectivity index (χ1) is 16.7. The van der Waals surface area contributed by atoms with Gasteiger partial charge in [0.05, 0.1) is 10.9 Å². The first-order valence-corrected chi connectivity index (χ1v) is 13.1. The molecule has 0 aliphatic heterocycles. The monoisotopic (exact) mass is 512 g/mol. The largest absolute Gasteiger partial charge is 0.741 e. The Balaban J connectivity index is 0.000000314. The average molecular weight is 513 g/mol. The second-order valence-corrected chi connectivity index (χ2v) is 10.8. The number of hydrogen-bond donors (Lipinski definition) is 0. The van der Waals surface area contributed by atoms with Crippen LogP contribution in [0.5, 0.6) is 0 Å². The predicted molar refractivity (Wildman–Crippen MR) is 132 cm³/mol. The summed E-state index contributed by atoms with van der Waals surface area (Å²) >= 11 is 0. The molecule has 0 aliphatic rings. The molecule has 0 atom stereocenters. The van der Waals surface area contributed by atoms with Gasteiger partial charge in [-0.2, -0.15) is 13.2 Å². The molecule has 5 rings (SSSR count). The lowest BCUT2D eigenvalue weighted by molar-refractivity contribution is -0.0517. The molecule has 0 amide bonds. The van der Waals surface area contributed by atoms with E-state index in [0.717, 1.165) is 0 Å². The highest BCUT2D eigenvalue weighted by molar-refractivity contribution is 7.97. The predicted octanol–water partition coefficient (Wildman–Crippen LogP) is 7.14. The Labute approximate surface area is 203 Å². The van der Waals surface area contributed by atoms with Crippen LogP contribution in [0, 0.1) is 0 Å². The highest BCUT2D eigenvalue weighted by atomic mass is 32.2. The normalized spacial score (nSPS) is 11.9. The minimum Gasteiger partial charge on any atom is -0.741 e. The second-order valence-electron chi connectivity index (χ2n) is 7.47. The SMILES string of the molecule is O=S(=O)([O-])C(F)(F)F.c1ccc([S+](c2ccccc2)c2cccc3c2ccc2ccccc23)cc1. The summed E-state index contributed by atoms with van der Waals surface area (Å²) in [5.74, 6) is 0. The van der Waals surface area contributed by atoms with Crippen molar-refractivity contribution >= 4 is 42.6 Å². The van der Waals surface area contributed by atoms with Crippen LogP contribution in [0.25, 0.3) is 21.5 Å². The Morgan fingerprint density at radius 1 is 0.571 bits per heavy atom. The van der Waals surface area contributed by atoms with Crippen molar-refractivity contribution in [3.63, 3.8) is 0 Å². The quantitative estimate of drug-likeness (QED) is 0.112. The topological polar surface area (TPSA) is 57.2 Å². The summed E-state index contributed by atoms with van der Waals surface area (Å²) < 4.78 is 58.9. The van der Waals surface area contributed by atoms with Crippen molar-refractivity contribution < 1.29 is 26.1 Å². The summed E-state index contributed by atoms with van der Waals surface area (Å²) in [5, 5.41) is 5.28. The van der Waals surface area contributed by atoms with E-state index in [0.29, 0.717) is 0 Å². The van der Waals surface area contributed by atoms with E-state index in [4.69, 9.17) is 13.0 Å². The van der Waals surface area contributed by atoms with Crippen LogP contribution in [-0.4, -0.2) is 18.5 Å². The minimum absolute atomic E-state index is 0.132. The van der Waals surface area contributed by atoms with Gasteiger partial charge in [0.2, 0.25) is 0 Å². The van der Waals surface area contributed by atoms with Crippen molar-refractivity contribution in [1.82, 2.24) is 0 Å². The van der Waals surface area contributed by atoms with Crippen LogP contribution in [0.1, 0.15) is 0 Å². The molecule has 0 aliphatic carbocycles. The zero-order valence-corrected chi connectivity index (χ0v) is 19.8. The lowest BCUT2D eigenvalue weighted by Gasteiger charge is -2.11. The molecule has 3 nitrogen and oxygen atoms in total. The van der Waals surface area contributed by atoms with Gasteiger partial charge in [0.15, 0.2) is 24.8 Å². The molecule has 0 bridgehead atoms. The molecule has 5 aromatic carbocycles. The molecule has 178 valence electrons. The summed E-state index contributed by atoms with van der Waals surface area (Å²) in [4.78, 5) is 4.09. The summed E-state index contributed by atoms with van der Waals surface area (Å²) in [6.07, 6.45) is 0. The minimum atomic E-state index is -6.09. The van der Waals surface area contributed by atoms with Gasteiger partial charge in [0, 0.05) is 5.39 Å². The zero-order chi connectivity index (χ0) is 25.1. The van der Waals surface area contributed by atoms with E-state index in [2.05, 4.69) is 115 Å². The van der Waals surface area contributed by atoms with Crippen LogP contribution >= 0.6 is 0 Å². The molecule has 5 aromatic rings. The Bertz CT molecular complexity index is 1510. The number of fused-ring (bicyclic) bond motifs is 3. The lowest BCUT2D eigenvalue weighted by Crippen LogP contribution is -2.21. The maximum absolute atomic E-state index is 10.7. The van der Waals surface area contributed by atoms with E-state index in [1.165, 1.54) is 36.2 Å². The van der Waals surface area contributed by atoms with Gasteiger partial charge in [-0.15, -0.1) is 0 Å². The van der Waals surface area contributed by atoms with Gasteiger partial charge < -0.3 is 4.55 Å². The van der Waals surface area contributed by atoms with Crippen LogP contribution in [0.3, 0.4) is 0 Å². The number of benzene rings is 5. The van der Waals surface area contributed by atoms with Crippen LogP contribution in [0.2, 0.25) is 0 Å². The molecule has 0 saturated carbocycles. The van der Waals surface area contributed by atoms with Gasteiger partial charge in [-0.3, -0.25) is 0 Å². The fraction of sp³-hybridized carbons (Fsp3) is 0.0370. The van der Waals surface area contributed by atoms with E-state index in [1.54, 1.807) is 0 Å². The lowest BCUT2D eigenvalue weighted by atomic mass is 10.0. The van der Waals surface area contributed by atoms with Gasteiger partial charge in [-0.25, -0.2) is 8.42 Å². The van der Waals surface area contributed by atoms with Crippen LogP contribution in [-0.2, 0) is 21.0 Å². The van der Waals surface area contributed by atoms with Gasteiger partial charge in [-0.1, -0.05) is 78.9 Å². The molecule has 0 unspecified atom stereocenters. The highest BCUT2D eigenvalue weighted by Crippen LogP contribution is 2.37. The fourth-order valence-corrected chi connectivity index (χ4v) is 5.94. The Kier molecular flexibility index (Phi) is 7.16. The van der Waals surface area contributed by atoms with Gasteiger partial charge in [0.25, 0.3) is 0 Å². The van der Waals surface area contributed by atoms with E-state index in [-0.39, 0.29) is 10.9 Å². The van der Waals surface area contributed by atoms with Gasteiger partial charge in [0.1, 0.15) is 0 Å². The van der Waals surface area contributed by atoms with Crippen LogP contribution in [0.15, 0.2) is 130 Å². The molecule has 35 heavy (non-hydrogen) atoms. The smallest absolute Gasteiger partial charge is 0.485 e. The molecular formula is C27H19F3O3S2. The average Bonchev–Trinajstić information content (AvgIpc) is 2.85. The third-order valence-corrected chi connectivity index (χ3v) is 8.06. The number of halogens is 3. The standard InChI is InChI=1S/C26H19S.CHF3O3S/c1-3-11-21(12-4-1)27(22-13-5-2-6-14-22)26-17-9-16-24-23-15-8-7-10-20(23)18-19-25(24)26;2-1(3,4)8(5,6)7/h1-19H;(H,5,6,7)/q+1;/p-1. The number of rotatable bonds is 3. The molecule has 0 saturated heterocycles. The maximum Gasteiger partial charge on any atom is 0.485 e. The molecule has 0 fully saturated rings. The molecule has 8 heteroatoms. The maximum atomic E-state index is 10.7. The molecular weight excluding hydrogens is 493 g/mol. The third kappa shape index (κ3) is 5.51. The summed E-state index contributed by atoms with van der Waals surface area (Å²) in [7, 11) is -6.22. The molecule has 0 radical (unpaired) electrons. The van der Waals surface area contributed by atoms with Crippen molar-refractivity contribution in [2.75, 3.05) is 0 Å². The van der Waals surface area contributed by atoms with Gasteiger partial charge in [-0.05, 0) is 52.6 Å². The molecule has 0 aromatic heterocycles. The van der Waals surface area contributed by atoms with Crippen molar-refractivity contribution in [2.45, 2.75) is 20.2 Å². The van der Waals surface area contributed by atoms with Crippen molar-refractivity contribution in [1.29, 1.82) is 0 Å². The van der Waals surface area contributed by atoms with Gasteiger partial charge >= 0.3 is 5.51 Å². The number of alkyl halides is 3. The summed E-state index contributed by atoms with van der Waals surface area (Å²) in [6, 6.07) is 41.7. The third-order valence-electron chi connectivity index (χ3n) is 5.21. The molecule has 0 spiro atoms. The molecule has 0 heterocycles. The first kappa shape index (κ1) is 24.8. The highest BCUT2D eigenvalue weighted by Gasteiger charge is 2.37. The Morgan fingerprint density at radius 3 is 1.60 bits per heavy atom. The van der Waals surface area contributed by atoms with E-state index < -0.39 is 15.6 Å². The number of hydrogen-bond acceptors (Lipinski definition) is 3. The van der Waals surface area contributed by atoms with Crippen molar-refractivity contribution in [2.24, 2.45) is 0 Å². The van der Waals surface area contributed by atoms with Crippen molar-refractivity contribution in [3.8, 4) is 0 Å². The fourth-order valence-electron chi connectivity index (χ4n) is 3.69. The Hall–Kier alpha value is -3.33. The first-order valence-electron chi connectivity index (χ1n) is 10.4.